The Hall–Kier alpha value is -2.44. The molecule has 0 aromatic heterocycles. The number of carbonyl (C=O) groups excluding carboxylic acids is 2. The number of allylic oxidation sites excluding steroid dienone is 9. The van der Waals surface area contributed by atoms with Gasteiger partial charge in [-0.15, -0.1) is 0 Å². The molecule has 6 nitrogen and oxygen atoms in total. The monoisotopic (exact) mass is 896 g/mol. The summed E-state index contributed by atoms with van der Waals surface area (Å²) in [7, 11) is 0. The smallest absolute Gasteiger partial charge is 0.305 e. The molecule has 64 heavy (non-hydrogen) atoms. The molecule has 0 fully saturated rings. The molecule has 2 unspecified atom stereocenters. The Labute approximate surface area is 397 Å². The van der Waals surface area contributed by atoms with E-state index in [1.807, 2.05) is 6.08 Å². The molecular formula is C58H105NO5. The van der Waals surface area contributed by atoms with Gasteiger partial charge in [-0.25, -0.2) is 0 Å². The zero-order chi connectivity index (χ0) is 46.5. The lowest BCUT2D eigenvalue weighted by Crippen LogP contribution is -2.45. The average Bonchev–Trinajstić information content (AvgIpc) is 3.29. The Morgan fingerprint density at radius 1 is 0.453 bits per heavy atom. The summed E-state index contributed by atoms with van der Waals surface area (Å²) in [6, 6.07) is -0.647. The number of carbonyl (C=O) groups is 2. The number of ether oxygens (including phenoxy) is 1. The third-order valence-electron chi connectivity index (χ3n) is 12.3. The van der Waals surface area contributed by atoms with Crippen molar-refractivity contribution in [3.05, 3.63) is 60.8 Å². The molecule has 0 aliphatic heterocycles. The SMILES string of the molecule is CCCC/C=C\C/C=C\CCCCCCCC(=O)OCCCCC/C=C\C=C/CCCCCCCCC(=O)NC(CO)C(O)/C=C/CCCCCCCCCCCCCCCCCC. The van der Waals surface area contributed by atoms with Gasteiger partial charge in [0, 0.05) is 12.8 Å². The maximum absolute atomic E-state index is 12.5. The number of esters is 1. The van der Waals surface area contributed by atoms with E-state index >= 15 is 0 Å². The maximum Gasteiger partial charge on any atom is 0.305 e. The van der Waals surface area contributed by atoms with Gasteiger partial charge in [-0.1, -0.05) is 229 Å². The Morgan fingerprint density at radius 3 is 1.33 bits per heavy atom. The molecule has 0 spiro atoms. The van der Waals surface area contributed by atoms with Crippen molar-refractivity contribution in [2.75, 3.05) is 13.2 Å². The van der Waals surface area contributed by atoms with Crippen molar-refractivity contribution in [1.82, 2.24) is 5.32 Å². The zero-order valence-corrected chi connectivity index (χ0v) is 42.2. The number of nitrogens with one attached hydrogen (secondary N) is 1. The Balaban J connectivity index is 3.58. The molecule has 0 aliphatic carbocycles. The average molecular weight is 896 g/mol. The molecule has 2 atom stereocenters. The van der Waals surface area contributed by atoms with Crippen LogP contribution in [0.3, 0.4) is 0 Å². The van der Waals surface area contributed by atoms with Gasteiger partial charge in [-0.2, -0.15) is 0 Å². The van der Waals surface area contributed by atoms with Crippen LogP contribution in [0.25, 0.3) is 0 Å². The minimum Gasteiger partial charge on any atom is -0.466 e. The van der Waals surface area contributed by atoms with Crippen molar-refractivity contribution in [3.63, 3.8) is 0 Å². The maximum atomic E-state index is 12.5. The van der Waals surface area contributed by atoms with E-state index in [-0.39, 0.29) is 18.5 Å². The molecule has 0 aromatic carbocycles. The molecule has 0 rings (SSSR count). The number of hydrogen-bond acceptors (Lipinski definition) is 5. The predicted molar refractivity (Wildman–Crippen MR) is 278 cm³/mol. The lowest BCUT2D eigenvalue weighted by Gasteiger charge is -2.20. The highest BCUT2D eigenvalue weighted by Crippen LogP contribution is 2.15. The highest BCUT2D eigenvalue weighted by Gasteiger charge is 2.18. The fourth-order valence-corrected chi connectivity index (χ4v) is 7.99. The zero-order valence-electron chi connectivity index (χ0n) is 42.2. The minimum atomic E-state index is -0.861. The molecule has 0 aliphatic rings. The molecule has 0 radical (unpaired) electrons. The van der Waals surface area contributed by atoms with Crippen LogP contribution in [0.1, 0.15) is 271 Å². The first-order valence-corrected chi connectivity index (χ1v) is 27.6. The highest BCUT2D eigenvalue weighted by atomic mass is 16.5. The number of amides is 1. The van der Waals surface area contributed by atoms with Gasteiger partial charge < -0.3 is 20.3 Å². The van der Waals surface area contributed by atoms with Gasteiger partial charge in [0.15, 0.2) is 0 Å². The van der Waals surface area contributed by atoms with E-state index in [4.69, 9.17) is 4.74 Å². The van der Waals surface area contributed by atoms with Crippen molar-refractivity contribution in [2.45, 2.75) is 283 Å². The van der Waals surface area contributed by atoms with Crippen molar-refractivity contribution in [1.29, 1.82) is 0 Å². The quantitative estimate of drug-likeness (QED) is 0.0245. The summed E-state index contributed by atoms with van der Waals surface area (Å²) in [5.41, 5.74) is 0. The lowest BCUT2D eigenvalue weighted by molar-refractivity contribution is -0.143. The van der Waals surface area contributed by atoms with E-state index in [1.165, 1.54) is 154 Å². The summed E-state index contributed by atoms with van der Waals surface area (Å²) < 4.78 is 5.43. The fourth-order valence-electron chi connectivity index (χ4n) is 7.99. The summed E-state index contributed by atoms with van der Waals surface area (Å²) in [5.74, 6) is -0.130. The molecule has 1 amide bonds. The van der Waals surface area contributed by atoms with Crippen LogP contribution in [0.2, 0.25) is 0 Å². The van der Waals surface area contributed by atoms with Gasteiger partial charge in [0.25, 0.3) is 0 Å². The van der Waals surface area contributed by atoms with Gasteiger partial charge >= 0.3 is 5.97 Å². The van der Waals surface area contributed by atoms with Crippen molar-refractivity contribution in [2.24, 2.45) is 0 Å². The summed E-state index contributed by atoms with van der Waals surface area (Å²) in [6.07, 6.45) is 68.0. The molecule has 0 heterocycles. The first-order valence-electron chi connectivity index (χ1n) is 27.6. The Morgan fingerprint density at radius 2 is 0.844 bits per heavy atom. The van der Waals surface area contributed by atoms with E-state index in [1.54, 1.807) is 6.08 Å². The van der Waals surface area contributed by atoms with E-state index < -0.39 is 12.1 Å². The van der Waals surface area contributed by atoms with Crippen LogP contribution in [0, 0.1) is 0 Å². The van der Waals surface area contributed by atoms with E-state index in [9.17, 15) is 19.8 Å². The molecule has 372 valence electrons. The van der Waals surface area contributed by atoms with E-state index in [0.717, 1.165) is 89.9 Å². The van der Waals surface area contributed by atoms with Crippen molar-refractivity contribution in [3.8, 4) is 0 Å². The largest absolute Gasteiger partial charge is 0.466 e. The molecule has 0 saturated heterocycles. The minimum absolute atomic E-state index is 0.0383. The Kier molecular flexibility index (Phi) is 51.2. The first-order chi connectivity index (χ1) is 31.5. The first kappa shape index (κ1) is 61.6. The summed E-state index contributed by atoms with van der Waals surface area (Å²) in [5, 5.41) is 23.1. The van der Waals surface area contributed by atoms with Gasteiger partial charge in [0.2, 0.25) is 5.91 Å². The number of aliphatic hydroxyl groups is 2. The summed E-state index contributed by atoms with van der Waals surface area (Å²) >= 11 is 0. The molecule has 0 saturated carbocycles. The standard InChI is InChI=1S/C58H105NO5/c1-3-5-7-9-11-13-15-17-19-20-21-23-26-30-34-38-42-46-50-56(61)55(54-60)59-57(62)51-47-43-39-35-31-27-24-22-25-29-33-37-41-45-49-53-64-58(63)52-48-44-40-36-32-28-18-16-14-12-10-8-6-4-2/h10,12,16,18,22,25,29,33,46,50,55-56,60-61H,3-9,11,13-15,17,19-21,23-24,26-28,30-32,34-45,47-49,51-54H2,1-2H3,(H,59,62)/b12-10-,18-16-,25-22-,33-29-,50-46+. The van der Waals surface area contributed by atoms with Crippen LogP contribution in [-0.2, 0) is 14.3 Å². The second kappa shape index (κ2) is 53.2. The highest BCUT2D eigenvalue weighted by molar-refractivity contribution is 5.76. The van der Waals surface area contributed by atoms with E-state index in [2.05, 4.69) is 67.8 Å². The van der Waals surface area contributed by atoms with Gasteiger partial charge in [-0.05, 0) is 89.9 Å². The molecule has 3 N–H and O–H groups in total. The third-order valence-corrected chi connectivity index (χ3v) is 12.3. The van der Waals surface area contributed by atoms with Gasteiger partial charge in [0.05, 0.1) is 25.4 Å². The van der Waals surface area contributed by atoms with Crippen LogP contribution >= 0.6 is 0 Å². The summed E-state index contributed by atoms with van der Waals surface area (Å²) in [6.45, 7) is 4.79. The normalized spacial score (nSPS) is 13.1. The number of rotatable bonds is 50. The Bertz CT molecular complexity index is 1130. The predicted octanol–water partition coefficient (Wildman–Crippen LogP) is 16.8. The van der Waals surface area contributed by atoms with Crippen LogP contribution in [0.5, 0.6) is 0 Å². The molecule has 0 aromatic rings. The number of unbranched alkanes of at least 4 members (excludes halogenated alkanes) is 32. The second-order valence-electron chi connectivity index (χ2n) is 18.6. The molecular weight excluding hydrogens is 791 g/mol. The van der Waals surface area contributed by atoms with E-state index in [0.29, 0.717) is 19.4 Å². The van der Waals surface area contributed by atoms with Crippen LogP contribution in [0.15, 0.2) is 60.8 Å². The van der Waals surface area contributed by atoms with Gasteiger partial charge in [-0.3, -0.25) is 9.59 Å². The summed E-state index contributed by atoms with van der Waals surface area (Å²) in [4.78, 5) is 24.5. The fraction of sp³-hybridized carbons (Fsp3) is 0.793. The second-order valence-corrected chi connectivity index (χ2v) is 18.6. The molecule has 0 bridgehead atoms. The van der Waals surface area contributed by atoms with Crippen LogP contribution in [-0.4, -0.2) is 47.4 Å². The lowest BCUT2D eigenvalue weighted by atomic mass is 10.0. The topological polar surface area (TPSA) is 95.9 Å². The van der Waals surface area contributed by atoms with Crippen LogP contribution < -0.4 is 5.32 Å². The number of hydrogen-bond donors (Lipinski definition) is 3. The van der Waals surface area contributed by atoms with Gasteiger partial charge in [0.1, 0.15) is 0 Å². The number of aliphatic hydroxyl groups excluding tert-OH is 2. The van der Waals surface area contributed by atoms with Crippen molar-refractivity contribution >= 4 is 11.9 Å². The third kappa shape index (κ3) is 49.0. The van der Waals surface area contributed by atoms with Crippen molar-refractivity contribution < 1.29 is 24.5 Å². The molecule has 6 heteroatoms. The van der Waals surface area contributed by atoms with Crippen LogP contribution in [0.4, 0.5) is 0 Å².